The Labute approximate surface area is 165 Å². The molecule has 1 aliphatic rings. The van der Waals surface area contributed by atoms with Crippen molar-refractivity contribution in [1.29, 1.82) is 0 Å². The number of guanidine groups is 1. The van der Waals surface area contributed by atoms with Crippen LogP contribution in [0.2, 0.25) is 0 Å². The van der Waals surface area contributed by atoms with Gasteiger partial charge >= 0.3 is 0 Å². The molecule has 3 N–H and O–H groups in total. The van der Waals surface area contributed by atoms with E-state index >= 15 is 0 Å². The van der Waals surface area contributed by atoms with Gasteiger partial charge in [0.25, 0.3) is 5.91 Å². The lowest BCUT2D eigenvalue weighted by atomic mass is 10.0. The van der Waals surface area contributed by atoms with Crippen LogP contribution in [-0.4, -0.2) is 52.8 Å². The van der Waals surface area contributed by atoms with Crippen molar-refractivity contribution in [2.45, 2.75) is 25.8 Å². The number of hydrogen-bond donors (Lipinski definition) is 2. The van der Waals surface area contributed by atoms with Crippen LogP contribution in [0.3, 0.4) is 0 Å². The Morgan fingerprint density at radius 2 is 2.32 bits per heavy atom. The van der Waals surface area contributed by atoms with Gasteiger partial charge in [-0.05, 0) is 36.6 Å². The maximum absolute atomic E-state index is 10.9. The van der Waals surface area contributed by atoms with Gasteiger partial charge in [0.15, 0.2) is 12.6 Å². The van der Waals surface area contributed by atoms with Crippen molar-refractivity contribution >= 4 is 11.9 Å². The van der Waals surface area contributed by atoms with Gasteiger partial charge < -0.3 is 20.7 Å². The number of carbonyl (C=O) groups is 1. The van der Waals surface area contributed by atoms with Crippen LogP contribution in [0.4, 0.5) is 0 Å². The van der Waals surface area contributed by atoms with Gasteiger partial charge in [-0.1, -0.05) is 12.1 Å². The summed E-state index contributed by atoms with van der Waals surface area (Å²) in [5.41, 5.74) is 7.42. The average molecular weight is 384 g/mol. The van der Waals surface area contributed by atoms with E-state index in [-0.39, 0.29) is 6.61 Å². The van der Waals surface area contributed by atoms with Gasteiger partial charge in [0.2, 0.25) is 0 Å². The Kier molecular flexibility index (Phi) is 6.52. The number of carbonyl (C=O) groups excluding carboxylic acids is 1. The summed E-state index contributed by atoms with van der Waals surface area (Å²) in [6, 6.07) is 7.58. The van der Waals surface area contributed by atoms with E-state index in [0.29, 0.717) is 18.2 Å². The number of aryl methyl sites for hydroxylation is 1. The number of amides is 1. The smallest absolute Gasteiger partial charge is 0.255 e. The third-order valence-electron chi connectivity index (χ3n) is 4.71. The quantitative estimate of drug-likeness (QED) is 0.553. The molecule has 1 amide bonds. The summed E-state index contributed by atoms with van der Waals surface area (Å²) in [4.78, 5) is 18.0. The zero-order valence-electron chi connectivity index (χ0n) is 16.5. The summed E-state index contributed by atoms with van der Waals surface area (Å²) >= 11 is 0. The lowest BCUT2D eigenvalue weighted by Crippen LogP contribution is -2.40. The molecular weight excluding hydrogens is 356 g/mol. The third-order valence-corrected chi connectivity index (χ3v) is 4.71. The molecular formula is C20H28N6O2. The third kappa shape index (κ3) is 5.25. The minimum Gasteiger partial charge on any atom is -0.484 e. The maximum Gasteiger partial charge on any atom is 0.255 e. The van der Waals surface area contributed by atoms with E-state index in [1.807, 2.05) is 36.1 Å². The topological polar surface area (TPSA) is 97.8 Å². The summed E-state index contributed by atoms with van der Waals surface area (Å²) in [5.74, 6) is 1.52. The van der Waals surface area contributed by atoms with Gasteiger partial charge in [0.05, 0.1) is 12.7 Å². The van der Waals surface area contributed by atoms with Gasteiger partial charge in [-0.2, -0.15) is 5.10 Å². The first kappa shape index (κ1) is 19.7. The van der Waals surface area contributed by atoms with E-state index < -0.39 is 5.91 Å². The molecule has 2 heterocycles. The second-order valence-electron chi connectivity index (χ2n) is 6.95. The van der Waals surface area contributed by atoms with E-state index in [4.69, 9.17) is 15.5 Å². The van der Waals surface area contributed by atoms with E-state index in [1.165, 1.54) is 5.56 Å². The average Bonchev–Trinajstić information content (AvgIpc) is 3.33. The molecule has 0 aliphatic carbocycles. The number of nitrogens with one attached hydrogen (secondary N) is 1. The largest absolute Gasteiger partial charge is 0.484 e. The molecule has 0 saturated carbocycles. The van der Waals surface area contributed by atoms with Crippen molar-refractivity contribution in [3.63, 3.8) is 0 Å². The molecule has 1 saturated heterocycles. The van der Waals surface area contributed by atoms with Gasteiger partial charge in [-0.3, -0.25) is 9.48 Å². The van der Waals surface area contributed by atoms with Gasteiger partial charge in [-0.15, -0.1) is 0 Å². The molecule has 8 heteroatoms. The fourth-order valence-corrected chi connectivity index (χ4v) is 3.36. The number of nitrogens with two attached hydrogens (primary N) is 1. The molecule has 1 aromatic heterocycles. The Morgan fingerprint density at radius 1 is 1.46 bits per heavy atom. The molecule has 3 rings (SSSR count). The lowest BCUT2D eigenvalue weighted by Gasteiger charge is -2.21. The molecule has 1 aromatic carbocycles. The molecule has 8 nitrogen and oxygen atoms in total. The van der Waals surface area contributed by atoms with Crippen LogP contribution in [0.1, 0.15) is 30.4 Å². The molecule has 150 valence electrons. The van der Waals surface area contributed by atoms with Crippen molar-refractivity contribution in [3.8, 4) is 5.75 Å². The second kappa shape index (κ2) is 9.25. The highest BCUT2D eigenvalue weighted by Crippen LogP contribution is 2.26. The molecule has 1 aliphatic heterocycles. The second-order valence-corrected chi connectivity index (χ2v) is 6.95. The van der Waals surface area contributed by atoms with Crippen LogP contribution in [0.25, 0.3) is 0 Å². The zero-order chi connectivity index (χ0) is 19.9. The highest BCUT2D eigenvalue weighted by molar-refractivity contribution is 5.80. The summed E-state index contributed by atoms with van der Waals surface area (Å²) in [6.07, 6.45) is 5.14. The van der Waals surface area contributed by atoms with E-state index in [2.05, 4.69) is 28.4 Å². The number of hydrogen-bond acceptors (Lipinski definition) is 4. The van der Waals surface area contributed by atoms with Crippen molar-refractivity contribution in [2.75, 3.05) is 26.2 Å². The molecule has 1 fully saturated rings. The highest BCUT2D eigenvalue weighted by atomic mass is 16.5. The molecule has 0 spiro atoms. The van der Waals surface area contributed by atoms with Gasteiger partial charge in [-0.25, -0.2) is 4.99 Å². The molecule has 0 bridgehead atoms. The fourth-order valence-electron chi connectivity index (χ4n) is 3.36. The molecule has 1 unspecified atom stereocenters. The fraction of sp³-hybridized carbons (Fsp3) is 0.450. The lowest BCUT2D eigenvalue weighted by molar-refractivity contribution is -0.119. The summed E-state index contributed by atoms with van der Waals surface area (Å²) < 4.78 is 7.22. The molecule has 2 aromatic rings. The van der Waals surface area contributed by atoms with Crippen molar-refractivity contribution in [1.82, 2.24) is 20.0 Å². The number of aliphatic imine (C=N–C) groups is 1. The van der Waals surface area contributed by atoms with Crippen LogP contribution < -0.4 is 15.8 Å². The number of nitrogens with zero attached hydrogens (tertiary/aromatic N) is 4. The number of likely N-dealkylation sites (tertiary alicyclic amines) is 1. The summed E-state index contributed by atoms with van der Waals surface area (Å²) in [7, 11) is 1.95. The van der Waals surface area contributed by atoms with Crippen LogP contribution in [0, 0.1) is 0 Å². The number of rotatable bonds is 7. The number of primary amides is 1. The van der Waals surface area contributed by atoms with Crippen molar-refractivity contribution in [2.24, 2.45) is 17.8 Å². The van der Waals surface area contributed by atoms with Crippen LogP contribution in [0.15, 0.2) is 41.7 Å². The minimum absolute atomic E-state index is 0.126. The Bertz CT molecular complexity index is 832. The maximum atomic E-state index is 10.9. The predicted octanol–water partition coefficient (Wildman–Crippen LogP) is 1.24. The first-order valence-electron chi connectivity index (χ1n) is 9.57. The Hall–Kier alpha value is -3.03. The van der Waals surface area contributed by atoms with E-state index in [1.54, 1.807) is 6.07 Å². The van der Waals surface area contributed by atoms with Crippen molar-refractivity contribution in [3.05, 3.63) is 47.8 Å². The van der Waals surface area contributed by atoms with Crippen molar-refractivity contribution < 1.29 is 9.53 Å². The monoisotopic (exact) mass is 384 g/mol. The zero-order valence-corrected chi connectivity index (χ0v) is 16.5. The molecule has 1 atom stereocenters. The van der Waals surface area contributed by atoms with Crippen LogP contribution in [0.5, 0.6) is 5.75 Å². The van der Waals surface area contributed by atoms with Gasteiger partial charge in [0.1, 0.15) is 5.75 Å². The number of benzene rings is 1. The Balaban J connectivity index is 1.64. The SMILES string of the molecule is CCNC(=NCc1cccc(OCC(N)=O)c1)N1CCC(c2cnn(C)c2)C1. The number of ether oxygens (including phenoxy) is 1. The normalized spacial score (nSPS) is 17.0. The highest BCUT2D eigenvalue weighted by Gasteiger charge is 2.26. The van der Waals surface area contributed by atoms with Crippen LogP contribution in [-0.2, 0) is 18.4 Å². The first-order valence-corrected chi connectivity index (χ1v) is 9.57. The number of aromatic nitrogens is 2. The summed E-state index contributed by atoms with van der Waals surface area (Å²) in [5, 5.41) is 7.68. The predicted molar refractivity (Wildman–Crippen MR) is 108 cm³/mol. The van der Waals surface area contributed by atoms with E-state index in [9.17, 15) is 4.79 Å². The van der Waals surface area contributed by atoms with Gasteiger partial charge in [0, 0.05) is 38.8 Å². The van der Waals surface area contributed by atoms with Crippen LogP contribution >= 0.6 is 0 Å². The van der Waals surface area contributed by atoms with E-state index in [0.717, 1.165) is 37.6 Å². The summed E-state index contributed by atoms with van der Waals surface area (Å²) in [6.45, 7) is 5.19. The standard InChI is InChI=1S/C20H28N6O2/c1-3-22-20(26-8-7-16(13-26)17-11-24-25(2)12-17)23-10-15-5-4-6-18(9-15)28-14-19(21)27/h4-6,9,11-12,16H,3,7-8,10,13-14H2,1-2H3,(H2,21,27)(H,22,23). The Morgan fingerprint density at radius 3 is 3.04 bits per heavy atom. The minimum atomic E-state index is -0.491. The first-order chi connectivity index (χ1) is 13.5. The molecule has 28 heavy (non-hydrogen) atoms. The molecule has 0 radical (unpaired) electrons.